The van der Waals surface area contributed by atoms with Crippen molar-refractivity contribution in [1.29, 1.82) is 0 Å². The maximum atomic E-state index is 12.2. The van der Waals surface area contributed by atoms with Crippen LogP contribution in [0.3, 0.4) is 0 Å². The summed E-state index contributed by atoms with van der Waals surface area (Å²) in [4.78, 5) is 49.4. The predicted octanol–water partition coefficient (Wildman–Crippen LogP) is -0.148. The fraction of sp³-hybridized carbons (Fsp3) is 0.793. The minimum atomic E-state index is -0.378. The van der Waals surface area contributed by atoms with E-state index in [9.17, 15) is 24.3 Å². The highest BCUT2D eigenvalue weighted by atomic mass is 16.5. The van der Waals surface area contributed by atoms with Gasteiger partial charge in [0.2, 0.25) is 23.6 Å². The fourth-order valence-corrected chi connectivity index (χ4v) is 5.33. The summed E-state index contributed by atoms with van der Waals surface area (Å²) in [5, 5.41) is 26.4. The molecule has 1 saturated carbocycles. The molecule has 1 saturated heterocycles. The SMILES string of the molecule is CC1CC(=O)N(CC2CCC(CNCc3cn(CCOCCNC(=O)COCC(=O)NC(CO)C(C)C)nn3)CC2)C1=O. The molecule has 2 aliphatic rings. The lowest BCUT2D eigenvalue weighted by Gasteiger charge is -2.30. The molecule has 0 spiro atoms. The molecule has 2 heterocycles. The van der Waals surface area contributed by atoms with Gasteiger partial charge in [-0.1, -0.05) is 26.0 Å². The van der Waals surface area contributed by atoms with E-state index in [1.807, 2.05) is 27.0 Å². The van der Waals surface area contributed by atoms with Gasteiger partial charge in [0.1, 0.15) is 13.2 Å². The second-order valence-electron chi connectivity index (χ2n) is 12.0. The third-order valence-corrected chi connectivity index (χ3v) is 8.05. The average molecular weight is 608 g/mol. The molecule has 4 amide bonds. The highest BCUT2D eigenvalue weighted by Gasteiger charge is 2.37. The molecular weight excluding hydrogens is 558 g/mol. The number of carbonyl (C=O) groups excluding carboxylic acids is 4. The van der Waals surface area contributed by atoms with Gasteiger partial charge in [-0.15, -0.1) is 5.10 Å². The molecule has 14 nitrogen and oxygen atoms in total. The van der Waals surface area contributed by atoms with Gasteiger partial charge in [-0.2, -0.15) is 0 Å². The first-order valence-electron chi connectivity index (χ1n) is 15.4. The van der Waals surface area contributed by atoms with E-state index in [4.69, 9.17) is 9.47 Å². The van der Waals surface area contributed by atoms with Gasteiger partial charge in [-0.3, -0.25) is 24.1 Å². The van der Waals surface area contributed by atoms with Gasteiger partial charge in [0, 0.05) is 38.2 Å². The molecule has 0 bridgehead atoms. The van der Waals surface area contributed by atoms with Gasteiger partial charge < -0.3 is 30.5 Å². The minimum absolute atomic E-state index is 0.0143. The molecule has 1 aromatic rings. The number of aliphatic hydroxyl groups excluding tert-OH is 1. The van der Waals surface area contributed by atoms with Crippen molar-refractivity contribution in [3.05, 3.63) is 11.9 Å². The molecule has 0 aromatic carbocycles. The Hall–Kier alpha value is -2.94. The number of aliphatic hydroxyl groups is 1. The number of hydrogen-bond donors (Lipinski definition) is 4. The highest BCUT2D eigenvalue weighted by Crippen LogP contribution is 2.31. The summed E-state index contributed by atoms with van der Waals surface area (Å²) in [6.45, 7) is 8.67. The number of carbonyl (C=O) groups is 4. The molecule has 1 aliphatic carbocycles. The number of hydrogen-bond acceptors (Lipinski definition) is 10. The maximum Gasteiger partial charge on any atom is 0.246 e. The monoisotopic (exact) mass is 607 g/mol. The normalized spacial score (nSPS) is 21.4. The maximum absolute atomic E-state index is 12.2. The van der Waals surface area contributed by atoms with Crippen LogP contribution in [0.2, 0.25) is 0 Å². The number of aromatic nitrogens is 3. The molecule has 1 aliphatic heterocycles. The lowest BCUT2D eigenvalue weighted by atomic mass is 9.81. The van der Waals surface area contributed by atoms with E-state index in [1.165, 1.54) is 4.90 Å². The van der Waals surface area contributed by atoms with Crippen LogP contribution >= 0.6 is 0 Å². The predicted molar refractivity (Wildman–Crippen MR) is 156 cm³/mol. The zero-order chi connectivity index (χ0) is 31.2. The third-order valence-electron chi connectivity index (χ3n) is 8.05. The van der Waals surface area contributed by atoms with Crippen LogP contribution in [-0.2, 0) is 41.7 Å². The van der Waals surface area contributed by atoms with Gasteiger partial charge in [-0.05, 0) is 50.0 Å². The number of likely N-dealkylation sites (tertiary alicyclic amines) is 1. The van der Waals surface area contributed by atoms with E-state index in [-0.39, 0.29) is 61.3 Å². The molecule has 2 fully saturated rings. The van der Waals surface area contributed by atoms with Crippen molar-refractivity contribution in [3.8, 4) is 0 Å². The van der Waals surface area contributed by atoms with E-state index in [2.05, 4.69) is 26.3 Å². The first-order chi connectivity index (χ1) is 20.7. The number of nitrogens with zero attached hydrogens (tertiary/aromatic N) is 4. The van der Waals surface area contributed by atoms with Gasteiger partial charge in [-0.25, -0.2) is 4.68 Å². The Balaban J connectivity index is 1.17. The Labute approximate surface area is 253 Å². The van der Waals surface area contributed by atoms with Crippen LogP contribution < -0.4 is 16.0 Å². The Bertz CT molecular complexity index is 1040. The molecule has 242 valence electrons. The first-order valence-corrected chi connectivity index (χ1v) is 15.4. The van der Waals surface area contributed by atoms with Crippen molar-refractivity contribution < 1.29 is 33.8 Å². The van der Waals surface area contributed by atoms with Crippen LogP contribution in [0.25, 0.3) is 0 Å². The third kappa shape index (κ3) is 11.9. The molecule has 43 heavy (non-hydrogen) atoms. The number of amides is 4. The molecule has 3 rings (SSSR count). The van der Waals surface area contributed by atoms with Crippen molar-refractivity contribution in [2.45, 2.75) is 72.0 Å². The van der Waals surface area contributed by atoms with Crippen molar-refractivity contribution in [1.82, 2.24) is 35.8 Å². The van der Waals surface area contributed by atoms with E-state index < -0.39 is 0 Å². The molecule has 1 aromatic heterocycles. The van der Waals surface area contributed by atoms with Gasteiger partial charge in [0.05, 0.1) is 38.1 Å². The quantitative estimate of drug-likeness (QED) is 0.122. The Morgan fingerprint density at radius 1 is 1.07 bits per heavy atom. The summed E-state index contributed by atoms with van der Waals surface area (Å²) in [5.74, 6) is 0.143. The van der Waals surface area contributed by atoms with E-state index >= 15 is 0 Å². The van der Waals surface area contributed by atoms with Crippen LogP contribution in [0, 0.1) is 23.7 Å². The van der Waals surface area contributed by atoms with Gasteiger partial charge in [0.15, 0.2) is 0 Å². The number of ether oxygens (including phenoxy) is 2. The number of rotatable bonds is 19. The fourth-order valence-electron chi connectivity index (χ4n) is 5.33. The van der Waals surface area contributed by atoms with Crippen molar-refractivity contribution in [2.75, 3.05) is 52.7 Å². The molecule has 2 unspecified atom stereocenters. The van der Waals surface area contributed by atoms with E-state index in [0.717, 1.165) is 37.9 Å². The first kappa shape index (κ1) is 34.5. The zero-order valence-electron chi connectivity index (χ0n) is 25.8. The molecule has 0 radical (unpaired) electrons. The van der Waals surface area contributed by atoms with Crippen LogP contribution in [0.15, 0.2) is 6.20 Å². The zero-order valence-corrected chi connectivity index (χ0v) is 25.8. The molecule has 14 heteroatoms. The Kier molecular flexibility index (Phi) is 14.5. The summed E-state index contributed by atoms with van der Waals surface area (Å²) in [5.41, 5.74) is 0.853. The average Bonchev–Trinajstić information content (AvgIpc) is 3.53. The lowest BCUT2D eigenvalue weighted by molar-refractivity contribution is -0.140. The Morgan fingerprint density at radius 2 is 1.79 bits per heavy atom. The number of imide groups is 1. The second-order valence-corrected chi connectivity index (χ2v) is 12.0. The topological polar surface area (TPSA) is 177 Å². The lowest BCUT2D eigenvalue weighted by Crippen LogP contribution is -2.43. The van der Waals surface area contributed by atoms with Crippen LogP contribution in [0.5, 0.6) is 0 Å². The largest absolute Gasteiger partial charge is 0.394 e. The van der Waals surface area contributed by atoms with Gasteiger partial charge in [0.25, 0.3) is 0 Å². The second kappa shape index (κ2) is 18.0. The summed E-state index contributed by atoms with van der Waals surface area (Å²) in [7, 11) is 0. The Morgan fingerprint density at radius 3 is 2.47 bits per heavy atom. The van der Waals surface area contributed by atoms with E-state index in [1.54, 1.807) is 4.68 Å². The van der Waals surface area contributed by atoms with Crippen LogP contribution in [-0.4, -0.2) is 107 Å². The summed E-state index contributed by atoms with van der Waals surface area (Å²) < 4.78 is 12.4. The van der Waals surface area contributed by atoms with Crippen molar-refractivity contribution in [3.63, 3.8) is 0 Å². The highest BCUT2D eigenvalue weighted by molar-refractivity contribution is 6.03. The van der Waals surface area contributed by atoms with Crippen LogP contribution in [0.4, 0.5) is 0 Å². The standard InChI is InChI=1S/C29H49N7O7/c1-20(2)25(17-37)32-27(39)19-43-18-26(38)31-8-10-42-11-9-35-16-24(33-34-35)14-30-13-22-4-6-23(7-5-22)15-36-28(40)12-21(3)29(36)41/h16,20-23,25,30,37H,4-15,17-19H2,1-3H3,(H,31,38)(H,32,39). The van der Waals surface area contributed by atoms with E-state index in [0.29, 0.717) is 57.6 Å². The molecule has 4 N–H and O–H groups in total. The summed E-state index contributed by atoms with van der Waals surface area (Å²) >= 11 is 0. The summed E-state index contributed by atoms with van der Waals surface area (Å²) in [6.07, 6.45) is 6.48. The minimum Gasteiger partial charge on any atom is -0.394 e. The summed E-state index contributed by atoms with van der Waals surface area (Å²) in [6, 6.07) is -0.344. The van der Waals surface area contributed by atoms with Crippen LogP contribution in [0.1, 0.15) is 58.6 Å². The van der Waals surface area contributed by atoms with Crippen molar-refractivity contribution >= 4 is 23.6 Å². The molecule has 2 atom stereocenters. The van der Waals surface area contributed by atoms with Crippen molar-refractivity contribution in [2.24, 2.45) is 23.7 Å². The molecular formula is C29H49N7O7. The number of nitrogens with one attached hydrogen (secondary N) is 3. The smallest absolute Gasteiger partial charge is 0.246 e. The van der Waals surface area contributed by atoms with Gasteiger partial charge >= 0.3 is 0 Å².